The van der Waals surface area contributed by atoms with Crippen molar-refractivity contribution in [3.63, 3.8) is 0 Å². The van der Waals surface area contributed by atoms with Crippen molar-refractivity contribution in [2.45, 2.75) is 18.9 Å². The average Bonchev–Trinajstić information content (AvgIpc) is 3.07. The van der Waals surface area contributed by atoms with E-state index in [9.17, 15) is 9.59 Å². The molecule has 1 N–H and O–H groups in total. The maximum Gasteiger partial charge on any atom is 0.326 e. The average molecular weight is 443 g/mol. The van der Waals surface area contributed by atoms with Crippen molar-refractivity contribution in [2.24, 2.45) is 0 Å². The topological polar surface area (TPSA) is 55.9 Å². The molecule has 6 nitrogen and oxygen atoms in total. The molecule has 1 atom stereocenters. The lowest BCUT2D eigenvalue weighted by atomic mass is 9.90. The molecule has 5 rings (SSSR count). The number of amides is 3. The predicted octanol–water partition coefficient (Wildman–Crippen LogP) is 3.42. The van der Waals surface area contributed by atoms with Gasteiger partial charge in [-0.3, -0.25) is 9.69 Å². The zero-order valence-corrected chi connectivity index (χ0v) is 19.0. The third-order valence-electron chi connectivity index (χ3n) is 6.97. The maximum atomic E-state index is 13.4. The van der Waals surface area contributed by atoms with Gasteiger partial charge < -0.3 is 10.2 Å². The van der Waals surface area contributed by atoms with Gasteiger partial charge in [0.1, 0.15) is 5.54 Å². The molecule has 2 heterocycles. The van der Waals surface area contributed by atoms with E-state index in [0.29, 0.717) is 6.67 Å². The molecule has 6 heteroatoms. The summed E-state index contributed by atoms with van der Waals surface area (Å²) in [6, 6.07) is 24.2. The normalized spacial score (nSPS) is 22.2. The highest BCUT2D eigenvalue weighted by molar-refractivity contribution is 6.07. The molecule has 0 aromatic heterocycles. The Labute approximate surface area is 194 Å². The Hall–Kier alpha value is -3.22. The smallest absolute Gasteiger partial charge is 0.319 e. The highest BCUT2D eigenvalue weighted by Crippen LogP contribution is 2.31. The number of imide groups is 1. The number of urea groups is 1. The van der Waals surface area contributed by atoms with E-state index >= 15 is 0 Å². The Morgan fingerprint density at radius 3 is 2.24 bits per heavy atom. The standard InChI is InChI=1S/C27H30N4O2/c1-27(24-12-11-22-9-5-6-10-23(22)19-24)25(32)31(26(33)28-27)20-30-17-15-29(16-18-30)14-13-21-7-3-2-4-8-21/h2-12,19H,13-18,20H2,1H3,(H,28,33)/t27-/m0/s1. The number of piperazine rings is 1. The summed E-state index contributed by atoms with van der Waals surface area (Å²) in [5.74, 6) is -0.186. The van der Waals surface area contributed by atoms with E-state index in [1.54, 1.807) is 6.92 Å². The van der Waals surface area contributed by atoms with Crippen LogP contribution in [0.25, 0.3) is 10.8 Å². The molecule has 170 valence electrons. The van der Waals surface area contributed by atoms with Crippen LogP contribution in [0, 0.1) is 0 Å². The highest BCUT2D eigenvalue weighted by atomic mass is 16.2. The highest BCUT2D eigenvalue weighted by Gasteiger charge is 2.49. The van der Waals surface area contributed by atoms with Crippen molar-refractivity contribution in [1.29, 1.82) is 0 Å². The first kappa shape index (κ1) is 21.6. The van der Waals surface area contributed by atoms with E-state index in [1.165, 1.54) is 10.5 Å². The van der Waals surface area contributed by atoms with Crippen LogP contribution in [0.3, 0.4) is 0 Å². The van der Waals surface area contributed by atoms with Crippen LogP contribution in [0.2, 0.25) is 0 Å². The van der Waals surface area contributed by atoms with Gasteiger partial charge in [0, 0.05) is 32.7 Å². The first-order chi connectivity index (χ1) is 16.0. The molecule has 0 saturated carbocycles. The molecular weight excluding hydrogens is 412 g/mol. The summed E-state index contributed by atoms with van der Waals surface area (Å²) in [6.07, 6.45) is 1.04. The summed E-state index contributed by atoms with van der Waals surface area (Å²) in [4.78, 5) is 32.2. The van der Waals surface area contributed by atoms with Crippen LogP contribution in [0.5, 0.6) is 0 Å². The zero-order valence-electron chi connectivity index (χ0n) is 19.0. The molecule has 2 fully saturated rings. The minimum atomic E-state index is -1.04. The van der Waals surface area contributed by atoms with Gasteiger partial charge in [0.25, 0.3) is 5.91 Å². The number of nitrogens with one attached hydrogen (secondary N) is 1. The molecule has 0 unspecified atom stereocenters. The first-order valence-corrected chi connectivity index (χ1v) is 11.6. The molecule has 0 radical (unpaired) electrons. The summed E-state index contributed by atoms with van der Waals surface area (Å²) in [5.41, 5.74) is 1.12. The van der Waals surface area contributed by atoms with Crippen molar-refractivity contribution in [3.05, 3.63) is 83.9 Å². The lowest BCUT2D eigenvalue weighted by Crippen LogP contribution is -2.51. The molecule has 3 amide bonds. The van der Waals surface area contributed by atoms with Crippen LogP contribution < -0.4 is 5.32 Å². The van der Waals surface area contributed by atoms with Gasteiger partial charge in [-0.15, -0.1) is 0 Å². The molecule has 3 aromatic carbocycles. The predicted molar refractivity (Wildman–Crippen MR) is 130 cm³/mol. The first-order valence-electron chi connectivity index (χ1n) is 11.6. The minimum absolute atomic E-state index is 0.186. The Morgan fingerprint density at radius 2 is 1.48 bits per heavy atom. The van der Waals surface area contributed by atoms with Gasteiger partial charge >= 0.3 is 6.03 Å². The van der Waals surface area contributed by atoms with Crippen molar-refractivity contribution in [1.82, 2.24) is 20.0 Å². The van der Waals surface area contributed by atoms with Crippen LogP contribution >= 0.6 is 0 Å². The number of fused-ring (bicyclic) bond motifs is 1. The lowest BCUT2D eigenvalue weighted by Gasteiger charge is -2.36. The number of carbonyl (C=O) groups is 2. The Kier molecular flexibility index (Phi) is 5.87. The van der Waals surface area contributed by atoms with Gasteiger partial charge in [0.2, 0.25) is 0 Å². The summed E-state index contributed by atoms with van der Waals surface area (Å²) in [7, 11) is 0. The van der Waals surface area contributed by atoms with E-state index in [2.05, 4.69) is 39.4 Å². The zero-order chi connectivity index (χ0) is 22.8. The fourth-order valence-corrected chi connectivity index (χ4v) is 4.81. The fourth-order valence-electron chi connectivity index (χ4n) is 4.81. The lowest BCUT2D eigenvalue weighted by molar-refractivity contribution is -0.132. The summed E-state index contributed by atoms with van der Waals surface area (Å²) in [6.45, 7) is 6.74. The number of nitrogens with zero attached hydrogens (tertiary/aromatic N) is 3. The van der Waals surface area contributed by atoms with Gasteiger partial charge in [-0.25, -0.2) is 9.69 Å². The van der Waals surface area contributed by atoms with Gasteiger partial charge in [-0.1, -0.05) is 66.7 Å². The summed E-state index contributed by atoms with van der Waals surface area (Å²) >= 11 is 0. The van der Waals surface area contributed by atoms with E-state index < -0.39 is 5.54 Å². The minimum Gasteiger partial charge on any atom is -0.319 e. The van der Waals surface area contributed by atoms with Crippen molar-refractivity contribution < 1.29 is 9.59 Å². The summed E-state index contributed by atoms with van der Waals surface area (Å²) in [5, 5.41) is 5.12. The van der Waals surface area contributed by atoms with Crippen LogP contribution in [0.1, 0.15) is 18.1 Å². The van der Waals surface area contributed by atoms with Gasteiger partial charge in [-0.2, -0.15) is 0 Å². The molecule has 0 spiro atoms. The van der Waals surface area contributed by atoms with E-state index in [0.717, 1.165) is 55.5 Å². The van der Waals surface area contributed by atoms with Crippen LogP contribution in [-0.4, -0.2) is 66.0 Å². The molecule has 0 aliphatic carbocycles. The molecule has 33 heavy (non-hydrogen) atoms. The van der Waals surface area contributed by atoms with Crippen LogP contribution in [0.15, 0.2) is 72.8 Å². The molecular formula is C27H30N4O2. The third-order valence-corrected chi connectivity index (χ3v) is 6.97. The Balaban J connectivity index is 1.20. The van der Waals surface area contributed by atoms with Crippen LogP contribution in [-0.2, 0) is 16.8 Å². The molecule has 3 aromatic rings. The second-order valence-corrected chi connectivity index (χ2v) is 9.19. The molecule has 0 bridgehead atoms. The van der Waals surface area contributed by atoms with Crippen molar-refractivity contribution >= 4 is 22.7 Å². The second kappa shape index (κ2) is 8.96. The second-order valence-electron chi connectivity index (χ2n) is 9.19. The number of benzene rings is 3. The maximum absolute atomic E-state index is 13.4. The third kappa shape index (κ3) is 4.36. The monoisotopic (exact) mass is 442 g/mol. The molecule has 2 saturated heterocycles. The van der Waals surface area contributed by atoms with Gasteiger partial charge in [-0.05, 0) is 41.3 Å². The van der Waals surface area contributed by atoms with E-state index in [4.69, 9.17) is 0 Å². The number of carbonyl (C=O) groups excluding carboxylic acids is 2. The van der Waals surface area contributed by atoms with Crippen molar-refractivity contribution in [2.75, 3.05) is 39.4 Å². The fraction of sp³-hybridized carbons (Fsp3) is 0.333. The Bertz CT molecular complexity index is 1160. The number of rotatable bonds is 6. The van der Waals surface area contributed by atoms with E-state index in [-0.39, 0.29) is 11.9 Å². The van der Waals surface area contributed by atoms with Crippen LogP contribution in [0.4, 0.5) is 4.79 Å². The molecule has 2 aliphatic rings. The largest absolute Gasteiger partial charge is 0.326 e. The SMILES string of the molecule is C[C@@]1(c2ccc3ccccc3c2)NC(=O)N(CN2CCN(CCc3ccccc3)CC2)C1=O. The van der Waals surface area contributed by atoms with Gasteiger partial charge in [0.15, 0.2) is 0 Å². The summed E-state index contributed by atoms with van der Waals surface area (Å²) < 4.78 is 0. The molecule has 2 aliphatic heterocycles. The van der Waals surface area contributed by atoms with E-state index in [1.807, 2.05) is 48.5 Å². The van der Waals surface area contributed by atoms with Gasteiger partial charge in [0.05, 0.1) is 6.67 Å². The quantitative estimate of drug-likeness (QED) is 0.595. The number of hydrogen-bond donors (Lipinski definition) is 1. The number of hydrogen-bond acceptors (Lipinski definition) is 4. The Morgan fingerprint density at radius 1 is 0.818 bits per heavy atom. The van der Waals surface area contributed by atoms with Crippen molar-refractivity contribution in [3.8, 4) is 0 Å².